The number of nitrogens with one attached hydrogen (secondary N) is 1. The fraction of sp³-hybridized carbons (Fsp3) is 0.467. The van der Waals surface area contributed by atoms with Crippen LogP contribution in [0.15, 0.2) is 29.8 Å². The topological polar surface area (TPSA) is 37.8 Å². The first-order chi connectivity index (χ1) is 9.31. The van der Waals surface area contributed by atoms with E-state index in [4.69, 9.17) is 0 Å². The molecule has 1 aliphatic carbocycles. The normalized spacial score (nSPS) is 16.5. The maximum absolute atomic E-state index is 4.64. The molecule has 0 amide bonds. The van der Waals surface area contributed by atoms with Crippen LogP contribution >= 0.6 is 11.3 Å². The Kier molecular flexibility index (Phi) is 3.62. The molecule has 0 unspecified atom stereocenters. The summed E-state index contributed by atoms with van der Waals surface area (Å²) in [4.78, 5) is 8.97. The maximum atomic E-state index is 4.64. The van der Waals surface area contributed by atoms with E-state index in [1.807, 2.05) is 24.4 Å². The second-order valence-electron chi connectivity index (χ2n) is 5.32. The number of nitrogens with zero attached hydrogens (tertiary/aromatic N) is 2. The summed E-state index contributed by atoms with van der Waals surface area (Å²) in [6.07, 6.45) is 5.86. The number of hydrogen-bond donors (Lipinski definition) is 1. The van der Waals surface area contributed by atoms with Gasteiger partial charge >= 0.3 is 0 Å². The van der Waals surface area contributed by atoms with Gasteiger partial charge in [0.05, 0.1) is 11.4 Å². The van der Waals surface area contributed by atoms with E-state index in [-0.39, 0.29) is 0 Å². The van der Waals surface area contributed by atoms with E-state index >= 15 is 0 Å². The zero-order valence-electron chi connectivity index (χ0n) is 11.2. The molecule has 2 aromatic rings. The molecule has 0 saturated heterocycles. The quantitative estimate of drug-likeness (QED) is 0.875. The predicted octanol–water partition coefficient (Wildman–Crippen LogP) is 3.48. The van der Waals surface area contributed by atoms with Gasteiger partial charge in [0.2, 0.25) is 0 Å². The fourth-order valence-corrected chi connectivity index (χ4v) is 3.08. The van der Waals surface area contributed by atoms with Gasteiger partial charge in [0, 0.05) is 24.7 Å². The van der Waals surface area contributed by atoms with Crippen molar-refractivity contribution < 1.29 is 0 Å². The molecule has 0 atom stereocenters. The summed E-state index contributed by atoms with van der Waals surface area (Å²) < 4.78 is 0. The van der Waals surface area contributed by atoms with Crippen LogP contribution in [0.1, 0.15) is 31.9 Å². The summed E-state index contributed by atoms with van der Waals surface area (Å²) in [5, 5.41) is 6.68. The zero-order chi connectivity index (χ0) is 13.1. The molecule has 1 saturated carbocycles. The van der Waals surface area contributed by atoms with Crippen LogP contribution in [0, 0.1) is 5.41 Å². The van der Waals surface area contributed by atoms with Crippen LogP contribution in [0.2, 0.25) is 0 Å². The van der Waals surface area contributed by atoms with Gasteiger partial charge in [-0.1, -0.05) is 13.0 Å². The van der Waals surface area contributed by atoms with E-state index in [2.05, 4.69) is 27.6 Å². The standard InChI is InChI=1S/C15H19N3S/c1-2-15(6-7-15)11-16-9-12-10-19-14(18-12)13-5-3-4-8-17-13/h3-5,8,10,16H,2,6-7,9,11H2,1H3. The molecule has 0 bridgehead atoms. The molecule has 4 heteroatoms. The number of aromatic nitrogens is 2. The van der Waals surface area contributed by atoms with Gasteiger partial charge in [-0.2, -0.15) is 0 Å². The van der Waals surface area contributed by atoms with Gasteiger partial charge in [-0.05, 0) is 36.8 Å². The van der Waals surface area contributed by atoms with Crippen molar-refractivity contribution in [1.82, 2.24) is 15.3 Å². The molecule has 0 spiro atoms. The SMILES string of the molecule is CCC1(CNCc2csc(-c3ccccn3)n2)CC1. The van der Waals surface area contributed by atoms with Crippen molar-refractivity contribution in [2.24, 2.45) is 5.41 Å². The molecule has 0 aromatic carbocycles. The second kappa shape index (κ2) is 5.39. The molecule has 2 heterocycles. The Hall–Kier alpha value is -1.26. The lowest BCUT2D eigenvalue weighted by atomic mass is 10.0. The molecule has 3 nitrogen and oxygen atoms in total. The molecular formula is C15H19N3S. The molecule has 0 aliphatic heterocycles. The van der Waals surface area contributed by atoms with Crippen molar-refractivity contribution in [2.45, 2.75) is 32.7 Å². The summed E-state index contributed by atoms with van der Waals surface area (Å²) in [6, 6.07) is 5.94. The van der Waals surface area contributed by atoms with E-state index in [9.17, 15) is 0 Å². The Morgan fingerprint density at radius 1 is 1.37 bits per heavy atom. The van der Waals surface area contributed by atoms with Crippen LogP contribution in [0.5, 0.6) is 0 Å². The lowest BCUT2D eigenvalue weighted by molar-refractivity contribution is 0.442. The summed E-state index contributed by atoms with van der Waals surface area (Å²) in [5.74, 6) is 0. The van der Waals surface area contributed by atoms with Gasteiger partial charge < -0.3 is 5.32 Å². The highest BCUT2D eigenvalue weighted by atomic mass is 32.1. The van der Waals surface area contributed by atoms with Crippen LogP contribution in [0.4, 0.5) is 0 Å². The minimum atomic E-state index is 0.597. The molecular weight excluding hydrogens is 254 g/mol. The Balaban J connectivity index is 1.57. The summed E-state index contributed by atoms with van der Waals surface area (Å²) >= 11 is 1.67. The van der Waals surface area contributed by atoms with E-state index in [0.717, 1.165) is 29.5 Å². The average Bonchev–Trinajstić information content (AvgIpc) is 3.09. The average molecular weight is 273 g/mol. The number of thiazole rings is 1. The Morgan fingerprint density at radius 3 is 2.95 bits per heavy atom. The largest absolute Gasteiger partial charge is 0.311 e. The first-order valence-corrected chi connectivity index (χ1v) is 7.76. The zero-order valence-corrected chi connectivity index (χ0v) is 12.0. The van der Waals surface area contributed by atoms with Gasteiger partial charge in [0.25, 0.3) is 0 Å². The molecule has 19 heavy (non-hydrogen) atoms. The number of pyridine rings is 1. The molecule has 100 valence electrons. The highest BCUT2D eigenvalue weighted by Gasteiger charge is 2.39. The van der Waals surface area contributed by atoms with E-state index < -0.39 is 0 Å². The van der Waals surface area contributed by atoms with Gasteiger partial charge in [0.1, 0.15) is 5.01 Å². The van der Waals surface area contributed by atoms with Crippen molar-refractivity contribution in [3.05, 3.63) is 35.5 Å². The monoisotopic (exact) mass is 273 g/mol. The maximum Gasteiger partial charge on any atom is 0.142 e. The van der Waals surface area contributed by atoms with Crippen LogP contribution < -0.4 is 5.32 Å². The fourth-order valence-electron chi connectivity index (χ4n) is 2.28. The second-order valence-corrected chi connectivity index (χ2v) is 6.17. The van der Waals surface area contributed by atoms with Gasteiger partial charge in [0.15, 0.2) is 0 Å². The van der Waals surface area contributed by atoms with Crippen LogP contribution in [-0.4, -0.2) is 16.5 Å². The van der Waals surface area contributed by atoms with Gasteiger partial charge in [-0.25, -0.2) is 4.98 Å². The minimum Gasteiger partial charge on any atom is -0.311 e. The lowest BCUT2D eigenvalue weighted by Crippen LogP contribution is -2.23. The van der Waals surface area contributed by atoms with Crippen molar-refractivity contribution in [1.29, 1.82) is 0 Å². The highest BCUT2D eigenvalue weighted by Crippen LogP contribution is 2.47. The van der Waals surface area contributed by atoms with Crippen LogP contribution in [-0.2, 0) is 6.54 Å². The minimum absolute atomic E-state index is 0.597. The van der Waals surface area contributed by atoms with E-state index in [1.54, 1.807) is 11.3 Å². The first kappa shape index (κ1) is 12.8. The predicted molar refractivity (Wildman–Crippen MR) is 79.0 cm³/mol. The molecule has 0 radical (unpaired) electrons. The summed E-state index contributed by atoms with van der Waals surface area (Å²) in [7, 11) is 0. The summed E-state index contributed by atoms with van der Waals surface area (Å²) in [6.45, 7) is 4.28. The molecule has 1 fully saturated rings. The van der Waals surface area contributed by atoms with Crippen molar-refractivity contribution in [2.75, 3.05) is 6.54 Å². The van der Waals surface area contributed by atoms with E-state index in [1.165, 1.54) is 19.3 Å². The molecule has 1 N–H and O–H groups in total. The third kappa shape index (κ3) is 3.01. The molecule has 2 aromatic heterocycles. The van der Waals surface area contributed by atoms with Crippen LogP contribution in [0.25, 0.3) is 10.7 Å². The van der Waals surface area contributed by atoms with Gasteiger partial charge in [-0.3, -0.25) is 4.98 Å². The molecule has 3 rings (SSSR count). The molecule has 1 aliphatic rings. The number of hydrogen-bond acceptors (Lipinski definition) is 4. The Bertz CT molecular complexity index is 531. The van der Waals surface area contributed by atoms with Crippen molar-refractivity contribution in [3.8, 4) is 10.7 Å². The van der Waals surface area contributed by atoms with Crippen molar-refractivity contribution >= 4 is 11.3 Å². The number of rotatable bonds is 6. The Morgan fingerprint density at radius 2 is 2.26 bits per heavy atom. The van der Waals surface area contributed by atoms with Crippen molar-refractivity contribution in [3.63, 3.8) is 0 Å². The smallest absolute Gasteiger partial charge is 0.142 e. The van der Waals surface area contributed by atoms with Gasteiger partial charge in [-0.15, -0.1) is 11.3 Å². The van der Waals surface area contributed by atoms with Crippen LogP contribution in [0.3, 0.4) is 0 Å². The van der Waals surface area contributed by atoms with E-state index in [0.29, 0.717) is 5.41 Å². The Labute approximate surface area is 118 Å². The first-order valence-electron chi connectivity index (χ1n) is 6.88. The lowest BCUT2D eigenvalue weighted by Gasteiger charge is -2.12. The third-order valence-electron chi connectivity index (χ3n) is 3.95. The highest BCUT2D eigenvalue weighted by molar-refractivity contribution is 7.13. The summed E-state index contributed by atoms with van der Waals surface area (Å²) in [5.41, 5.74) is 2.68. The third-order valence-corrected chi connectivity index (χ3v) is 4.86.